The second kappa shape index (κ2) is 8.37. The van der Waals surface area contributed by atoms with Gasteiger partial charge in [-0.2, -0.15) is 0 Å². The molecule has 3 nitrogen and oxygen atoms in total. The molecule has 2 aromatic rings. The van der Waals surface area contributed by atoms with Crippen LogP contribution in [-0.2, 0) is 6.54 Å². The molecule has 23 heavy (non-hydrogen) atoms. The molecule has 0 amide bonds. The fraction of sp³-hybridized carbons (Fsp3) is 0.368. The van der Waals surface area contributed by atoms with Crippen molar-refractivity contribution < 1.29 is 9.47 Å². The molecule has 1 N–H and O–H groups in total. The van der Waals surface area contributed by atoms with E-state index in [1.165, 1.54) is 5.56 Å². The van der Waals surface area contributed by atoms with Crippen molar-refractivity contribution in [3.63, 3.8) is 0 Å². The van der Waals surface area contributed by atoms with Crippen molar-refractivity contribution in [2.45, 2.75) is 39.5 Å². The molecule has 0 aromatic heterocycles. The number of benzene rings is 2. The van der Waals surface area contributed by atoms with Gasteiger partial charge < -0.3 is 14.8 Å². The van der Waals surface area contributed by atoms with Crippen LogP contribution in [0.2, 0.25) is 0 Å². The molecule has 0 fully saturated rings. The lowest BCUT2D eigenvalue weighted by Gasteiger charge is -2.20. The van der Waals surface area contributed by atoms with Crippen molar-refractivity contribution in [3.8, 4) is 11.5 Å². The molecule has 124 valence electrons. The minimum atomic E-state index is 0.0929. The monoisotopic (exact) mass is 377 g/mol. The summed E-state index contributed by atoms with van der Waals surface area (Å²) in [5.41, 5.74) is 2.34. The average Bonchev–Trinajstić information content (AvgIpc) is 2.54. The minimum absolute atomic E-state index is 0.0929. The van der Waals surface area contributed by atoms with Gasteiger partial charge in [0, 0.05) is 22.6 Å². The summed E-state index contributed by atoms with van der Waals surface area (Å²) >= 11 is 3.54. The van der Waals surface area contributed by atoms with E-state index < -0.39 is 0 Å². The zero-order chi connectivity index (χ0) is 16.8. The summed E-state index contributed by atoms with van der Waals surface area (Å²) in [6.45, 7) is 6.90. The first kappa shape index (κ1) is 17.8. The van der Waals surface area contributed by atoms with E-state index in [9.17, 15) is 0 Å². The van der Waals surface area contributed by atoms with Crippen molar-refractivity contribution in [1.82, 2.24) is 5.32 Å². The predicted molar refractivity (Wildman–Crippen MR) is 98.2 cm³/mol. The Kier molecular flexibility index (Phi) is 6.48. The first-order valence-electron chi connectivity index (χ1n) is 7.82. The van der Waals surface area contributed by atoms with Gasteiger partial charge in [-0.3, -0.25) is 0 Å². The molecular formula is C19H24BrNO2. The van der Waals surface area contributed by atoms with Gasteiger partial charge in [-0.15, -0.1) is 0 Å². The molecule has 0 saturated carbocycles. The molecule has 0 heterocycles. The van der Waals surface area contributed by atoms with Gasteiger partial charge in [0.1, 0.15) is 0 Å². The summed E-state index contributed by atoms with van der Waals surface area (Å²) < 4.78 is 12.4. The van der Waals surface area contributed by atoms with E-state index >= 15 is 0 Å². The molecule has 0 aliphatic rings. The van der Waals surface area contributed by atoms with E-state index in [0.29, 0.717) is 6.54 Å². The SMILES string of the molecule is COc1cc(Br)cc(CN[C@@H](C)c2ccccc2)c1OC(C)C. The molecular weight excluding hydrogens is 354 g/mol. The first-order valence-corrected chi connectivity index (χ1v) is 8.62. The van der Waals surface area contributed by atoms with E-state index in [1.807, 2.05) is 26.0 Å². The quantitative estimate of drug-likeness (QED) is 0.728. The number of rotatable bonds is 7. The van der Waals surface area contributed by atoms with Crippen molar-refractivity contribution in [2.24, 2.45) is 0 Å². The lowest BCUT2D eigenvalue weighted by molar-refractivity contribution is 0.227. The molecule has 0 bridgehead atoms. The second-order valence-corrected chi connectivity index (χ2v) is 6.69. The van der Waals surface area contributed by atoms with Crippen LogP contribution in [0.15, 0.2) is 46.9 Å². The minimum Gasteiger partial charge on any atom is -0.493 e. The fourth-order valence-corrected chi connectivity index (χ4v) is 2.88. The maximum Gasteiger partial charge on any atom is 0.166 e. The van der Waals surface area contributed by atoms with Crippen molar-refractivity contribution in [2.75, 3.05) is 7.11 Å². The summed E-state index contributed by atoms with van der Waals surface area (Å²) in [6.07, 6.45) is 0.0929. The van der Waals surface area contributed by atoms with Crippen LogP contribution < -0.4 is 14.8 Å². The third-order valence-electron chi connectivity index (χ3n) is 3.57. The summed E-state index contributed by atoms with van der Waals surface area (Å²) in [4.78, 5) is 0. The molecule has 0 unspecified atom stereocenters. The predicted octanol–water partition coefficient (Wildman–Crippen LogP) is 5.10. The third-order valence-corrected chi connectivity index (χ3v) is 4.03. The molecule has 0 aliphatic carbocycles. The van der Waals surface area contributed by atoms with E-state index in [0.717, 1.165) is 21.5 Å². The Morgan fingerprint density at radius 2 is 1.78 bits per heavy atom. The van der Waals surface area contributed by atoms with Gasteiger partial charge in [-0.1, -0.05) is 46.3 Å². The Balaban J connectivity index is 2.19. The van der Waals surface area contributed by atoms with Gasteiger partial charge in [0.15, 0.2) is 11.5 Å². The smallest absolute Gasteiger partial charge is 0.166 e. The molecule has 2 aromatic carbocycles. The molecule has 0 spiro atoms. The van der Waals surface area contributed by atoms with Crippen molar-refractivity contribution in [1.29, 1.82) is 0 Å². The van der Waals surface area contributed by atoms with Crippen LogP contribution in [0.25, 0.3) is 0 Å². The van der Waals surface area contributed by atoms with Gasteiger partial charge >= 0.3 is 0 Å². The maximum absolute atomic E-state index is 5.97. The summed E-state index contributed by atoms with van der Waals surface area (Å²) in [5, 5.41) is 3.55. The van der Waals surface area contributed by atoms with E-state index in [1.54, 1.807) is 7.11 Å². The highest BCUT2D eigenvalue weighted by molar-refractivity contribution is 9.10. The van der Waals surface area contributed by atoms with Crippen molar-refractivity contribution >= 4 is 15.9 Å². The molecule has 0 saturated heterocycles. The maximum atomic E-state index is 5.97. The topological polar surface area (TPSA) is 30.5 Å². The van der Waals surface area contributed by atoms with Gasteiger partial charge in [-0.25, -0.2) is 0 Å². The van der Waals surface area contributed by atoms with E-state index in [-0.39, 0.29) is 12.1 Å². The van der Waals surface area contributed by atoms with Crippen LogP contribution in [0.4, 0.5) is 0 Å². The Hall–Kier alpha value is -1.52. The number of halogens is 1. The van der Waals surface area contributed by atoms with Crippen LogP contribution in [0, 0.1) is 0 Å². The first-order chi connectivity index (χ1) is 11.0. The second-order valence-electron chi connectivity index (χ2n) is 5.78. The highest BCUT2D eigenvalue weighted by atomic mass is 79.9. The van der Waals surface area contributed by atoms with Crippen LogP contribution in [-0.4, -0.2) is 13.2 Å². The summed E-state index contributed by atoms with van der Waals surface area (Å²) in [5.74, 6) is 1.55. The molecule has 2 rings (SSSR count). The van der Waals surface area contributed by atoms with Gasteiger partial charge in [-0.05, 0) is 38.5 Å². The third kappa shape index (κ3) is 4.98. The Morgan fingerprint density at radius 1 is 1.09 bits per heavy atom. The standard InChI is InChI=1S/C19H24BrNO2/c1-13(2)23-19-16(10-17(20)11-18(19)22-4)12-21-14(3)15-8-6-5-7-9-15/h5-11,13-14,21H,12H2,1-4H3/t14-/m0/s1. The lowest BCUT2D eigenvalue weighted by Crippen LogP contribution is -2.19. The number of methoxy groups -OCH3 is 1. The Morgan fingerprint density at radius 3 is 2.39 bits per heavy atom. The summed E-state index contributed by atoms with van der Waals surface area (Å²) in [7, 11) is 1.67. The highest BCUT2D eigenvalue weighted by Gasteiger charge is 2.15. The Bertz CT molecular complexity index is 629. The van der Waals surface area contributed by atoms with Crippen molar-refractivity contribution in [3.05, 3.63) is 58.1 Å². The molecule has 0 aliphatic heterocycles. The summed E-state index contributed by atoms with van der Waals surface area (Å²) in [6, 6.07) is 14.7. The van der Waals surface area contributed by atoms with E-state index in [4.69, 9.17) is 9.47 Å². The van der Waals surface area contributed by atoms with Gasteiger partial charge in [0.25, 0.3) is 0 Å². The average molecular weight is 378 g/mol. The van der Waals surface area contributed by atoms with Crippen LogP contribution in [0.5, 0.6) is 11.5 Å². The largest absolute Gasteiger partial charge is 0.493 e. The van der Waals surface area contributed by atoms with Crippen LogP contribution >= 0.6 is 15.9 Å². The molecule has 4 heteroatoms. The molecule has 1 atom stereocenters. The van der Waals surface area contributed by atoms with Crippen LogP contribution in [0.3, 0.4) is 0 Å². The normalized spacial score (nSPS) is 12.3. The highest BCUT2D eigenvalue weighted by Crippen LogP contribution is 2.35. The van der Waals surface area contributed by atoms with Gasteiger partial charge in [0.05, 0.1) is 13.2 Å². The number of hydrogen-bond donors (Lipinski definition) is 1. The number of nitrogens with one attached hydrogen (secondary N) is 1. The zero-order valence-electron chi connectivity index (χ0n) is 14.1. The number of hydrogen-bond acceptors (Lipinski definition) is 3. The number of ether oxygens (including phenoxy) is 2. The lowest BCUT2D eigenvalue weighted by atomic mass is 10.1. The Labute approximate surface area is 147 Å². The van der Waals surface area contributed by atoms with Gasteiger partial charge in [0.2, 0.25) is 0 Å². The molecule has 0 radical (unpaired) electrons. The van der Waals surface area contributed by atoms with E-state index in [2.05, 4.69) is 58.5 Å². The zero-order valence-corrected chi connectivity index (χ0v) is 15.7. The fourth-order valence-electron chi connectivity index (χ4n) is 2.40. The van der Waals surface area contributed by atoms with Crippen LogP contribution in [0.1, 0.15) is 37.9 Å².